The van der Waals surface area contributed by atoms with Crippen LogP contribution in [-0.2, 0) is 6.18 Å². The van der Waals surface area contributed by atoms with Crippen molar-refractivity contribution in [2.45, 2.75) is 12.6 Å². The molecule has 4 nitrogen and oxygen atoms in total. The van der Waals surface area contributed by atoms with Crippen LogP contribution >= 0.6 is 0 Å². The van der Waals surface area contributed by atoms with Crippen LogP contribution in [0, 0.1) is 0 Å². The molecule has 4 aromatic rings. The number of hydrogen-bond acceptors (Lipinski definition) is 4. The lowest BCUT2D eigenvalue weighted by atomic mass is 10.1. The van der Waals surface area contributed by atoms with Crippen molar-refractivity contribution in [1.82, 2.24) is 19.9 Å². The second kappa shape index (κ2) is 8.17. The van der Waals surface area contributed by atoms with Crippen molar-refractivity contribution in [2.24, 2.45) is 0 Å². The summed E-state index contributed by atoms with van der Waals surface area (Å²) in [6.07, 6.45) is -5.03. The fraction of sp³-hybridized carbons (Fsp3) is 0.0909. The van der Waals surface area contributed by atoms with Gasteiger partial charge in [-0.25, -0.2) is 18.7 Å². The maximum Gasteiger partial charge on any atom is 0.433 e. The van der Waals surface area contributed by atoms with Crippen LogP contribution in [0.2, 0.25) is 0 Å². The number of rotatable bonds is 4. The number of hydrogen-bond donors (Lipinski definition) is 0. The summed E-state index contributed by atoms with van der Waals surface area (Å²) in [5.74, 6) is 0.00674. The highest BCUT2D eigenvalue weighted by atomic mass is 19.4. The Morgan fingerprint density at radius 3 is 2.13 bits per heavy atom. The number of aromatic nitrogens is 4. The molecule has 9 heteroatoms. The zero-order chi connectivity index (χ0) is 22.0. The SMILES string of the molecule is FC(F)c1cc(-c2ccc(C(F)(F)F)nc2)nc(-c2ccnc(-c3ccccc3)c2)n1. The molecule has 0 amide bonds. The lowest BCUT2D eigenvalue weighted by Gasteiger charge is -2.10. The Kier molecular flexibility index (Phi) is 5.41. The average Bonchev–Trinajstić information content (AvgIpc) is 2.79. The van der Waals surface area contributed by atoms with Crippen molar-refractivity contribution < 1.29 is 22.0 Å². The van der Waals surface area contributed by atoms with Gasteiger partial charge in [-0.15, -0.1) is 0 Å². The Morgan fingerprint density at radius 2 is 1.48 bits per heavy atom. The summed E-state index contributed by atoms with van der Waals surface area (Å²) in [4.78, 5) is 15.9. The molecule has 0 saturated carbocycles. The van der Waals surface area contributed by atoms with E-state index in [1.54, 1.807) is 12.1 Å². The number of benzene rings is 1. The summed E-state index contributed by atoms with van der Waals surface area (Å²) in [6.45, 7) is 0. The van der Waals surface area contributed by atoms with Crippen LogP contribution in [0.4, 0.5) is 22.0 Å². The molecule has 0 bridgehead atoms. The molecule has 0 radical (unpaired) electrons. The van der Waals surface area contributed by atoms with Crippen LogP contribution in [0.1, 0.15) is 17.8 Å². The van der Waals surface area contributed by atoms with Crippen LogP contribution in [0.5, 0.6) is 0 Å². The molecule has 0 aliphatic heterocycles. The molecule has 0 N–H and O–H groups in total. The van der Waals surface area contributed by atoms with Crippen LogP contribution in [0.25, 0.3) is 33.9 Å². The first-order chi connectivity index (χ1) is 14.8. The van der Waals surface area contributed by atoms with Crippen molar-refractivity contribution in [1.29, 1.82) is 0 Å². The molecule has 1 aromatic carbocycles. The molecular formula is C22H13F5N4. The van der Waals surface area contributed by atoms with Gasteiger partial charge in [-0.2, -0.15) is 13.2 Å². The topological polar surface area (TPSA) is 51.6 Å². The second-order valence-electron chi connectivity index (χ2n) is 6.53. The highest BCUT2D eigenvalue weighted by molar-refractivity contribution is 5.68. The highest BCUT2D eigenvalue weighted by Gasteiger charge is 2.32. The van der Waals surface area contributed by atoms with Gasteiger partial charge in [0.05, 0.1) is 11.4 Å². The average molecular weight is 428 g/mol. The van der Waals surface area contributed by atoms with Crippen LogP contribution in [0.3, 0.4) is 0 Å². The number of pyridine rings is 2. The molecule has 0 saturated heterocycles. The lowest BCUT2D eigenvalue weighted by Crippen LogP contribution is -2.07. The summed E-state index contributed by atoms with van der Waals surface area (Å²) in [5, 5.41) is 0. The van der Waals surface area contributed by atoms with Crippen molar-refractivity contribution in [3.05, 3.63) is 84.4 Å². The third kappa shape index (κ3) is 4.55. The molecule has 4 rings (SSSR count). The maximum atomic E-state index is 13.5. The van der Waals surface area contributed by atoms with Crippen molar-refractivity contribution in [2.75, 3.05) is 0 Å². The van der Waals surface area contributed by atoms with E-state index in [9.17, 15) is 22.0 Å². The van der Waals surface area contributed by atoms with Gasteiger partial charge in [-0.1, -0.05) is 30.3 Å². The zero-order valence-corrected chi connectivity index (χ0v) is 15.7. The molecule has 3 heterocycles. The number of halogens is 5. The van der Waals surface area contributed by atoms with Crippen LogP contribution in [0.15, 0.2) is 73.1 Å². The van der Waals surface area contributed by atoms with Crippen molar-refractivity contribution in [3.63, 3.8) is 0 Å². The largest absolute Gasteiger partial charge is 0.433 e. The van der Waals surface area contributed by atoms with E-state index in [1.807, 2.05) is 30.3 Å². The third-order valence-electron chi connectivity index (χ3n) is 4.41. The number of alkyl halides is 5. The first-order valence-electron chi connectivity index (χ1n) is 9.04. The highest BCUT2D eigenvalue weighted by Crippen LogP contribution is 2.31. The Bertz CT molecular complexity index is 1190. The normalized spacial score (nSPS) is 11.7. The molecule has 156 valence electrons. The predicted octanol–water partition coefficient (Wildman–Crippen LogP) is 6.22. The van der Waals surface area contributed by atoms with E-state index in [0.717, 1.165) is 30.0 Å². The first-order valence-corrected chi connectivity index (χ1v) is 9.04. The summed E-state index contributed by atoms with van der Waals surface area (Å²) < 4.78 is 65.2. The minimum Gasteiger partial charge on any atom is -0.256 e. The van der Waals surface area contributed by atoms with Gasteiger partial charge in [-0.3, -0.25) is 9.97 Å². The van der Waals surface area contributed by atoms with Gasteiger partial charge in [-0.05, 0) is 30.3 Å². The van der Waals surface area contributed by atoms with Gasteiger partial charge in [0.1, 0.15) is 11.4 Å². The van der Waals surface area contributed by atoms with E-state index in [2.05, 4.69) is 19.9 Å². The first kappa shape index (κ1) is 20.5. The van der Waals surface area contributed by atoms with Crippen LogP contribution < -0.4 is 0 Å². The summed E-state index contributed by atoms with van der Waals surface area (Å²) >= 11 is 0. The van der Waals surface area contributed by atoms with E-state index in [-0.39, 0.29) is 17.1 Å². The molecule has 0 unspecified atom stereocenters. The van der Waals surface area contributed by atoms with Gasteiger partial charge in [0.25, 0.3) is 6.43 Å². The summed E-state index contributed by atoms with van der Waals surface area (Å²) in [6, 6.07) is 15.4. The van der Waals surface area contributed by atoms with Gasteiger partial charge in [0.15, 0.2) is 5.82 Å². The lowest BCUT2D eigenvalue weighted by molar-refractivity contribution is -0.141. The Balaban J connectivity index is 1.78. The molecule has 3 aromatic heterocycles. The third-order valence-corrected chi connectivity index (χ3v) is 4.41. The van der Waals surface area contributed by atoms with E-state index >= 15 is 0 Å². The van der Waals surface area contributed by atoms with Gasteiger partial charge < -0.3 is 0 Å². The number of nitrogens with zero attached hydrogens (tertiary/aromatic N) is 4. The molecule has 0 aliphatic rings. The Hall–Kier alpha value is -3.75. The molecule has 0 atom stereocenters. The molecule has 0 fully saturated rings. The van der Waals surface area contributed by atoms with Crippen molar-refractivity contribution >= 4 is 0 Å². The quantitative estimate of drug-likeness (QED) is 0.362. The monoisotopic (exact) mass is 428 g/mol. The minimum atomic E-state index is -4.60. The smallest absolute Gasteiger partial charge is 0.256 e. The minimum absolute atomic E-state index is 0.00674. The Morgan fingerprint density at radius 1 is 0.710 bits per heavy atom. The fourth-order valence-corrected chi connectivity index (χ4v) is 2.90. The van der Waals surface area contributed by atoms with Crippen molar-refractivity contribution in [3.8, 4) is 33.9 Å². The van der Waals surface area contributed by atoms with E-state index in [4.69, 9.17) is 0 Å². The maximum absolute atomic E-state index is 13.5. The molecule has 0 aliphatic carbocycles. The molecular weight excluding hydrogens is 415 g/mol. The van der Waals surface area contributed by atoms with E-state index < -0.39 is 24.0 Å². The van der Waals surface area contributed by atoms with Gasteiger partial charge in [0.2, 0.25) is 0 Å². The van der Waals surface area contributed by atoms with Gasteiger partial charge in [0, 0.05) is 29.1 Å². The van der Waals surface area contributed by atoms with Crippen LogP contribution in [-0.4, -0.2) is 19.9 Å². The molecule has 31 heavy (non-hydrogen) atoms. The van der Waals surface area contributed by atoms with Gasteiger partial charge >= 0.3 is 6.18 Å². The van der Waals surface area contributed by atoms with E-state index in [1.165, 1.54) is 6.20 Å². The molecule has 0 spiro atoms. The Labute approximate surface area is 173 Å². The summed E-state index contributed by atoms with van der Waals surface area (Å²) in [5.41, 5.74) is 0.440. The second-order valence-corrected chi connectivity index (χ2v) is 6.53. The standard InChI is InChI=1S/C22H13F5N4/c23-20(24)18-11-17(15-6-7-19(29-12-15)22(25,26)27)30-21(31-18)14-8-9-28-16(10-14)13-4-2-1-3-5-13/h1-12,20H. The summed E-state index contributed by atoms with van der Waals surface area (Å²) in [7, 11) is 0. The van der Waals surface area contributed by atoms with E-state index in [0.29, 0.717) is 11.3 Å². The predicted molar refractivity (Wildman–Crippen MR) is 104 cm³/mol. The fourth-order valence-electron chi connectivity index (χ4n) is 2.90. The zero-order valence-electron chi connectivity index (χ0n) is 15.7.